The lowest BCUT2D eigenvalue weighted by Gasteiger charge is -2.44. The van der Waals surface area contributed by atoms with Crippen molar-refractivity contribution in [3.63, 3.8) is 0 Å². The Kier molecular flexibility index (Phi) is 6.68. The van der Waals surface area contributed by atoms with Gasteiger partial charge in [0.1, 0.15) is 0 Å². The van der Waals surface area contributed by atoms with Crippen LogP contribution in [0, 0.1) is 5.92 Å². The third-order valence-electron chi connectivity index (χ3n) is 6.28. The monoisotopic (exact) mass is 442 g/mol. The first kappa shape index (κ1) is 21.3. The molecule has 4 aliphatic rings. The van der Waals surface area contributed by atoms with Crippen molar-refractivity contribution < 1.29 is 23.3 Å². The highest BCUT2D eigenvalue weighted by Gasteiger charge is 2.42. The van der Waals surface area contributed by atoms with Crippen LogP contribution in [-0.4, -0.2) is 70.5 Å². The molecule has 1 unspecified atom stereocenters. The maximum absolute atomic E-state index is 13.1. The zero-order valence-electron chi connectivity index (χ0n) is 16.7. The molecule has 0 aromatic carbocycles. The number of thioether (sulfide) groups is 1. The van der Waals surface area contributed by atoms with Crippen molar-refractivity contribution in [2.24, 2.45) is 10.3 Å². The van der Waals surface area contributed by atoms with E-state index in [9.17, 15) is 13.8 Å². The topological polar surface area (TPSA) is 94.1 Å². The van der Waals surface area contributed by atoms with Gasteiger partial charge in [-0.1, -0.05) is 6.08 Å². The van der Waals surface area contributed by atoms with Crippen LogP contribution in [0.15, 0.2) is 16.0 Å². The molecule has 0 bridgehead atoms. The van der Waals surface area contributed by atoms with Crippen molar-refractivity contribution in [1.29, 1.82) is 0 Å². The van der Waals surface area contributed by atoms with E-state index in [2.05, 4.69) is 9.68 Å². The first-order valence-corrected chi connectivity index (χ1v) is 13.5. The Balaban J connectivity index is 1.32. The molecule has 4 heterocycles. The van der Waals surface area contributed by atoms with E-state index in [1.165, 1.54) is 0 Å². The van der Waals surface area contributed by atoms with Crippen molar-refractivity contribution in [3.8, 4) is 0 Å². The maximum Gasteiger partial charge on any atom is 0.254 e. The summed E-state index contributed by atoms with van der Waals surface area (Å²) in [5.74, 6) is 3.03. The Bertz CT molecular complexity index is 785. The molecule has 0 saturated carbocycles. The van der Waals surface area contributed by atoms with Gasteiger partial charge in [-0.15, -0.1) is 0 Å². The van der Waals surface area contributed by atoms with Crippen molar-refractivity contribution in [2.75, 3.05) is 42.8 Å². The molecule has 9 heteroatoms. The lowest BCUT2D eigenvalue weighted by Crippen LogP contribution is -2.52. The first-order valence-electron chi connectivity index (χ1n) is 10.5. The minimum absolute atomic E-state index is 0.00953. The van der Waals surface area contributed by atoms with E-state index in [0.717, 1.165) is 29.9 Å². The molecule has 4 rings (SSSR count). The van der Waals surface area contributed by atoms with E-state index < -0.39 is 9.73 Å². The smallest absolute Gasteiger partial charge is 0.254 e. The van der Waals surface area contributed by atoms with Gasteiger partial charge in [0.15, 0.2) is 0 Å². The summed E-state index contributed by atoms with van der Waals surface area (Å²) in [6, 6.07) is 0.0591. The second kappa shape index (κ2) is 9.08. The van der Waals surface area contributed by atoms with Gasteiger partial charge in [0.2, 0.25) is 5.91 Å². The molecule has 2 amide bonds. The highest BCUT2D eigenvalue weighted by atomic mass is 32.2. The number of hydrogen-bond acceptors (Lipinski definition) is 6. The van der Waals surface area contributed by atoms with Crippen LogP contribution in [0.1, 0.15) is 38.5 Å². The number of ether oxygens (including phenoxy) is 2. The summed E-state index contributed by atoms with van der Waals surface area (Å²) in [6.45, 7) is 1.67. The fourth-order valence-corrected chi connectivity index (χ4v) is 7.41. The fraction of sp³-hybridized carbons (Fsp3) is 0.800. The van der Waals surface area contributed by atoms with Crippen LogP contribution < -0.4 is 5.32 Å². The summed E-state index contributed by atoms with van der Waals surface area (Å²) in [5.41, 5.74) is 0.440. The molecule has 0 aromatic heterocycles. The molecule has 1 atom stereocenters. The largest absolute Gasteiger partial charge is 0.377 e. The van der Waals surface area contributed by atoms with Crippen LogP contribution in [0.5, 0.6) is 0 Å². The standard InChI is InChI=1S/C20H30N2O5S2/c23-18(11-15-13-28-14-15)22-29(25)9-4-20(5-10-29)12-17(3-8-27-20)21-19(24)16-1-6-26-7-2-16/h1,15,17H,2-14H2,(H,21,24). The number of hydrogen-bond donors (Lipinski definition) is 1. The van der Waals surface area contributed by atoms with Crippen molar-refractivity contribution in [1.82, 2.24) is 5.32 Å². The third kappa shape index (κ3) is 5.42. The van der Waals surface area contributed by atoms with Crippen molar-refractivity contribution >= 4 is 33.3 Å². The number of amides is 2. The summed E-state index contributed by atoms with van der Waals surface area (Å²) in [6.07, 6.45) is 5.71. The van der Waals surface area contributed by atoms with Gasteiger partial charge in [-0.25, -0.2) is 4.21 Å². The van der Waals surface area contributed by atoms with Crippen LogP contribution in [0.4, 0.5) is 0 Å². The molecule has 7 nitrogen and oxygen atoms in total. The van der Waals surface area contributed by atoms with Gasteiger partial charge in [-0.2, -0.15) is 16.1 Å². The zero-order chi connectivity index (χ0) is 20.3. The Morgan fingerprint density at radius 2 is 2.07 bits per heavy atom. The van der Waals surface area contributed by atoms with E-state index in [0.29, 0.717) is 62.9 Å². The van der Waals surface area contributed by atoms with Crippen LogP contribution in [-0.2, 0) is 28.8 Å². The van der Waals surface area contributed by atoms with Gasteiger partial charge in [0, 0.05) is 42.6 Å². The fourth-order valence-electron chi connectivity index (χ4n) is 4.39. The molecule has 0 aliphatic carbocycles. The molecule has 29 heavy (non-hydrogen) atoms. The molecular weight excluding hydrogens is 412 g/mol. The molecule has 0 radical (unpaired) electrons. The van der Waals surface area contributed by atoms with Gasteiger partial charge < -0.3 is 14.8 Å². The van der Waals surface area contributed by atoms with E-state index in [1.54, 1.807) is 0 Å². The Labute approximate surface area is 176 Å². The SMILES string of the molecule is O=C(CC1CSC1)N=S1(=O)CCC2(CC1)CC(NC(=O)C1=CCOCC1)CCO2. The number of carbonyl (C=O) groups is 2. The summed E-state index contributed by atoms with van der Waals surface area (Å²) >= 11 is 1.84. The van der Waals surface area contributed by atoms with E-state index in [1.807, 2.05) is 17.8 Å². The average Bonchev–Trinajstić information content (AvgIpc) is 2.69. The second-order valence-corrected chi connectivity index (χ2v) is 12.1. The molecule has 0 aromatic rings. The first-order chi connectivity index (χ1) is 14.0. The molecule has 4 aliphatic heterocycles. The molecule has 162 valence electrons. The molecular formula is C20H30N2O5S2. The minimum atomic E-state index is -2.47. The molecule has 1 N–H and O–H groups in total. The van der Waals surface area contributed by atoms with E-state index >= 15 is 0 Å². The number of nitrogens with one attached hydrogen (secondary N) is 1. The highest BCUT2D eigenvalue weighted by molar-refractivity contribution is 8.00. The van der Waals surface area contributed by atoms with Gasteiger partial charge in [-0.05, 0) is 43.1 Å². The minimum Gasteiger partial charge on any atom is -0.377 e. The number of nitrogens with zero attached hydrogens (tertiary/aromatic N) is 1. The van der Waals surface area contributed by atoms with Crippen LogP contribution in [0.25, 0.3) is 0 Å². The van der Waals surface area contributed by atoms with Crippen molar-refractivity contribution in [2.45, 2.75) is 50.2 Å². The van der Waals surface area contributed by atoms with E-state index in [4.69, 9.17) is 9.47 Å². The zero-order valence-corrected chi connectivity index (χ0v) is 18.4. The lowest BCUT2D eigenvalue weighted by molar-refractivity contribution is -0.123. The second-order valence-electron chi connectivity index (χ2n) is 8.52. The Morgan fingerprint density at radius 3 is 2.72 bits per heavy atom. The summed E-state index contributed by atoms with van der Waals surface area (Å²) in [5, 5.41) is 3.15. The van der Waals surface area contributed by atoms with Gasteiger partial charge in [-0.3, -0.25) is 9.59 Å². The van der Waals surface area contributed by atoms with Crippen molar-refractivity contribution in [3.05, 3.63) is 11.6 Å². The summed E-state index contributed by atoms with van der Waals surface area (Å²) in [4.78, 5) is 24.7. The van der Waals surface area contributed by atoms with Crippen LogP contribution in [0.3, 0.4) is 0 Å². The van der Waals surface area contributed by atoms with Crippen LogP contribution >= 0.6 is 11.8 Å². The normalized spacial score (nSPS) is 35.4. The van der Waals surface area contributed by atoms with Gasteiger partial charge >= 0.3 is 0 Å². The van der Waals surface area contributed by atoms with E-state index in [-0.39, 0.29) is 23.5 Å². The highest BCUT2D eigenvalue weighted by Crippen LogP contribution is 2.37. The number of carbonyl (C=O) groups excluding carboxylic acids is 2. The lowest BCUT2D eigenvalue weighted by atomic mass is 9.85. The van der Waals surface area contributed by atoms with Gasteiger partial charge in [0.05, 0.1) is 28.5 Å². The average molecular weight is 443 g/mol. The molecule has 1 spiro atoms. The number of rotatable bonds is 4. The quantitative estimate of drug-likeness (QED) is 0.715. The summed E-state index contributed by atoms with van der Waals surface area (Å²) in [7, 11) is -2.47. The predicted molar refractivity (Wildman–Crippen MR) is 113 cm³/mol. The van der Waals surface area contributed by atoms with Crippen LogP contribution in [0.2, 0.25) is 0 Å². The Hall–Kier alpha value is -0.900. The summed E-state index contributed by atoms with van der Waals surface area (Å²) < 4.78 is 28.6. The van der Waals surface area contributed by atoms with Gasteiger partial charge in [0.25, 0.3) is 5.91 Å². The maximum atomic E-state index is 13.1. The molecule has 3 saturated heterocycles. The predicted octanol–water partition coefficient (Wildman–Crippen LogP) is 1.91. The Morgan fingerprint density at radius 1 is 1.28 bits per heavy atom. The third-order valence-corrected chi connectivity index (χ3v) is 9.91. The molecule has 3 fully saturated rings.